The molecule has 152 valence electrons. The Morgan fingerprint density at radius 3 is 2.73 bits per heavy atom. The highest BCUT2D eigenvalue weighted by Gasteiger charge is 2.37. The van der Waals surface area contributed by atoms with Crippen molar-refractivity contribution in [3.8, 4) is 0 Å². The van der Waals surface area contributed by atoms with Crippen molar-refractivity contribution in [2.24, 2.45) is 5.92 Å². The molecule has 2 amide bonds. The highest BCUT2D eigenvalue weighted by atomic mass is 32.1. The van der Waals surface area contributed by atoms with Gasteiger partial charge in [-0.05, 0) is 48.1 Å². The smallest absolute Gasteiger partial charge is 0.274 e. The number of thiophene rings is 1. The molecular formula is C22H20N4O3S. The minimum Gasteiger partial charge on any atom is -0.336 e. The Bertz CT molecular complexity index is 1160. The van der Waals surface area contributed by atoms with Crippen LogP contribution in [0.15, 0.2) is 58.8 Å². The number of fused-ring (bicyclic) bond motifs is 4. The first-order valence-electron chi connectivity index (χ1n) is 9.89. The van der Waals surface area contributed by atoms with Gasteiger partial charge in [0.05, 0.1) is 4.88 Å². The van der Waals surface area contributed by atoms with E-state index in [-0.39, 0.29) is 29.2 Å². The second-order valence-electron chi connectivity index (χ2n) is 7.74. The second-order valence-corrected chi connectivity index (χ2v) is 8.69. The number of hydrogen-bond donors (Lipinski definition) is 1. The summed E-state index contributed by atoms with van der Waals surface area (Å²) in [6.07, 6.45) is 2.57. The highest BCUT2D eigenvalue weighted by molar-refractivity contribution is 7.12. The highest BCUT2D eigenvalue weighted by Crippen LogP contribution is 2.35. The van der Waals surface area contributed by atoms with Crippen molar-refractivity contribution in [3.05, 3.63) is 80.7 Å². The molecule has 30 heavy (non-hydrogen) atoms. The second kappa shape index (κ2) is 7.53. The molecule has 2 atom stereocenters. The molecule has 2 aliphatic heterocycles. The monoisotopic (exact) mass is 420 g/mol. The van der Waals surface area contributed by atoms with Gasteiger partial charge in [0.2, 0.25) is 0 Å². The quantitative estimate of drug-likeness (QED) is 0.706. The standard InChI is InChI=1S/C22H20N4O3S/c27-20(19-5-3-9-30-19)24-17-6-7-18-15-10-14(12-26(18)22(17)29)11-25(13-15)21(28)16-4-1-2-8-23-16/h1-9,14-15H,10-13H2,(H,24,27)/t14-,15+/m0/s1. The van der Waals surface area contributed by atoms with Crippen molar-refractivity contribution < 1.29 is 9.59 Å². The van der Waals surface area contributed by atoms with Gasteiger partial charge in [0.25, 0.3) is 17.4 Å². The average Bonchev–Trinajstić information content (AvgIpc) is 3.31. The van der Waals surface area contributed by atoms with E-state index in [2.05, 4.69) is 10.3 Å². The van der Waals surface area contributed by atoms with Crippen LogP contribution in [-0.4, -0.2) is 39.4 Å². The molecule has 5 rings (SSSR count). The van der Waals surface area contributed by atoms with E-state index < -0.39 is 0 Å². The van der Waals surface area contributed by atoms with E-state index in [9.17, 15) is 14.4 Å². The summed E-state index contributed by atoms with van der Waals surface area (Å²) in [4.78, 5) is 44.8. The predicted octanol–water partition coefficient (Wildman–Crippen LogP) is 2.82. The molecule has 0 spiro atoms. The summed E-state index contributed by atoms with van der Waals surface area (Å²) in [5.74, 6) is -0.0449. The summed E-state index contributed by atoms with van der Waals surface area (Å²) >= 11 is 1.34. The molecule has 8 heteroatoms. The number of aromatic nitrogens is 2. The molecule has 7 nitrogen and oxygen atoms in total. The molecule has 0 unspecified atom stereocenters. The van der Waals surface area contributed by atoms with Crippen LogP contribution in [0.25, 0.3) is 0 Å². The summed E-state index contributed by atoms with van der Waals surface area (Å²) in [5.41, 5.74) is 1.47. The SMILES string of the molecule is O=C(Nc1ccc2n(c1=O)C[C@H]1C[C@@H]2CN(C(=O)c2ccccn2)C1)c1cccs1. The number of anilines is 1. The number of piperidine rings is 1. The average molecular weight is 420 g/mol. The van der Waals surface area contributed by atoms with Crippen LogP contribution in [0.2, 0.25) is 0 Å². The number of likely N-dealkylation sites (tertiary alicyclic amines) is 1. The molecular weight excluding hydrogens is 400 g/mol. The van der Waals surface area contributed by atoms with Gasteiger partial charge in [-0.25, -0.2) is 0 Å². The Labute approximate surface area is 177 Å². The maximum atomic E-state index is 13.0. The molecule has 3 aromatic heterocycles. The van der Waals surface area contributed by atoms with Crippen molar-refractivity contribution in [2.75, 3.05) is 18.4 Å². The van der Waals surface area contributed by atoms with Gasteiger partial charge in [0.15, 0.2) is 0 Å². The lowest BCUT2D eigenvalue weighted by molar-refractivity contribution is 0.0588. The Kier molecular flexibility index (Phi) is 4.71. The minimum absolute atomic E-state index is 0.0686. The molecule has 2 bridgehead atoms. The van der Waals surface area contributed by atoms with Crippen LogP contribution >= 0.6 is 11.3 Å². The number of rotatable bonds is 3. The Hall–Kier alpha value is -3.26. The molecule has 1 N–H and O–H groups in total. The summed E-state index contributed by atoms with van der Waals surface area (Å²) < 4.78 is 1.77. The van der Waals surface area contributed by atoms with Gasteiger partial charge >= 0.3 is 0 Å². The first kappa shape index (κ1) is 18.7. The Balaban J connectivity index is 1.39. The third kappa shape index (κ3) is 3.33. The molecule has 2 aliphatic rings. The Morgan fingerprint density at radius 1 is 1.07 bits per heavy atom. The number of amides is 2. The van der Waals surface area contributed by atoms with Gasteiger partial charge < -0.3 is 14.8 Å². The van der Waals surface area contributed by atoms with E-state index in [1.807, 2.05) is 22.4 Å². The molecule has 1 saturated heterocycles. The van der Waals surface area contributed by atoms with E-state index >= 15 is 0 Å². The van der Waals surface area contributed by atoms with Crippen molar-refractivity contribution in [1.82, 2.24) is 14.5 Å². The van der Waals surface area contributed by atoms with Crippen molar-refractivity contribution >= 4 is 28.8 Å². The normalized spacial score (nSPS) is 19.8. The third-order valence-electron chi connectivity index (χ3n) is 5.77. The van der Waals surface area contributed by atoms with Crippen LogP contribution in [0.4, 0.5) is 5.69 Å². The van der Waals surface area contributed by atoms with Crippen LogP contribution in [-0.2, 0) is 6.54 Å². The number of nitrogens with zero attached hydrogens (tertiary/aromatic N) is 3. The van der Waals surface area contributed by atoms with Crippen molar-refractivity contribution in [1.29, 1.82) is 0 Å². The molecule has 5 heterocycles. The maximum Gasteiger partial charge on any atom is 0.274 e. The predicted molar refractivity (Wildman–Crippen MR) is 114 cm³/mol. The summed E-state index contributed by atoms with van der Waals surface area (Å²) in [6, 6.07) is 12.4. The summed E-state index contributed by atoms with van der Waals surface area (Å²) in [7, 11) is 0. The van der Waals surface area contributed by atoms with Gasteiger partial charge in [-0.15, -0.1) is 11.3 Å². The van der Waals surface area contributed by atoms with Crippen LogP contribution < -0.4 is 10.9 Å². The number of carbonyl (C=O) groups excluding carboxylic acids is 2. The molecule has 0 saturated carbocycles. The third-order valence-corrected chi connectivity index (χ3v) is 6.64. The summed E-state index contributed by atoms with van der Waals surface area (Å²) in [5, 5.41) is 4.57. The zero-order valence-electron chi connectivity index (χ0n) is 16.2. The van der Waals surface area contributed by atoms with E-state index in [1.54, 1.807) is 41.1 Å². The van der Waals surface area contributed by atoms with Crippen LogP contribution in [0.3, 0.4) is 0 Å². The first-order valence-corrected chi connectivity index (χ1v) is 10.8. The van der Waals surface area contributed by atoms with Gasteiger partial charge in [0, 0.05) is 37.4 Å². The van der Waals surface area contributed by atoms with Gasteiger partial charge in [-0.3, -0.25) is 19.4 Å². The van der Waals surface area contributed by atoms with Gasteiger partial charge in [-0.1, -0.05) is 12.1 Å². The van der Waals surface area contributed by atoms with Crippen molar-refractivity contribution in [3.63, 3.8) is 0 Å². The molecule has 3 aromatic rings. The van der Waals surface area contributed by atoms with Crippen LogP contribution in [0.1, 0.15) is 38.2 Å². The molecule has 0 aliphatic carbocycles. The largest absolute Gasteiger partial charge is 0.336 e. The lowest BCUT2D eigenvalue weighted by Crippen LogP contribution is -2.49. The fourth-order valence-corrected chi connectivity index (χ4v) is 5.07. The van der Waals surface area contributed by atoms with E-state index in [1.165, 1.54) is 11.3 Å². The maximum absolute atomic E-state index is 13.0. The molecule has 0 aromatic carbocycles. The number of pyridine rings is 2. The zero-order valence-corrected chi connectivity index (χ0v) is 17.0. The van der Waals surface area contributed by atoms with E-state index in [0.717, 1.165) is 12.1 Å². The van der Waals surface area contributed by atoms with Gasteiger partial charge in [-0.2, -0.15) is 0 Å². The van der Waals surface area contributed by atoms with E-state index in [0.29, 0.717) is 35.9 Å². The summed E-state index contributed by atoms with van der Waals surface area (Å²) in [6.45, 7) is 1.70. The number of hydrogen-bond acceptors (Lipinski definition) is 5. The zero-order chi connectivity index (χ0) is 20.7. The fraction of sp³-hybridized carbons (Fsp3) is 0.273. The number of nitrogens with one attached hydrogen (secondary N) is 1. The minimum atomic E-state index is -0.272. The molecule has 0 radical (unpaired) electrons. The fourth-order valence-electron chi connectivity index (χ4n) is 4.45. The van der Waals surface area contributed by atoms with E-state index in [4.69, 9.17) is 0 Å². The van der Waals surface area contributed by atoms with Crippen molar-refractivity contribution in [2.45, 2.75) is 18.9 Å². The number of carbonyl (C=O) groups is 2. The lowest BCUT2D eigenvalue weighted by atomic mass is 9.83. The van der Waals surface area contributed by atoms with Gasteiger partial charge in [0.1, 0.15) is 11.4 Å². The van der Waals surface area contributed by atoms with Crippen LogP contribution in [0.5, 0.6) is 0 Å². The topological polar surface area (TPSA) is 84.3 Å². The first-order chi connectivity index (χ1) is 14.6. The Morgan fingerprint density at radius 2 is 1.97 bits per heavy atom. The van der Waals surface area contributed by atoms with Crippen LogP contribution in [0, 0.1) is 5.92 Å². The lowest BCUT2D eigenvalue weighted by Gasteiger charge is -2.42. The molecule has 1 fully saturated rings.